The van der Waals surface area contributed by atoms with Crippen molar-refractivity contribution < 1.29 is 0 Å². The highest BCUT2D eigenvalue weighted by molar-refractivity contribution is 5.83. The first kappa shape index (κ1) is 8.23. The maximum atomic E-state index is 5.58. The Kier molecular flexibility index (Phi) is 2.00. The van der Waals surface area contributed by atoms with Crippen molar-refractivity contribution in [3.8, 4) is 0 Å². The van der Waals surface area contributed by atoms with Crippen LogP contribution in [0.1, 0.15) is 11.7 Å². The van der Waals surface area contributed by atoms with Crippen LogP contribution in [0.2, 0.25) is 0 Å². The molecule has 2 aromatic carbocycles. The van der Waals surface area contributed by atoms with Crippen molar-refractivity contribution >= 4 is 10.8 Å². The van der Waals surface area contributed by atoms with Gasteiger partial charge in [0, 0.05) is 0 Å². The summed E-state index contributed by atoms with van der Waals surface area (Å²) in [6.07, 6.45) is -0.385. The Morgan fingerprint density at radius 3 is 2.23 bits per heavy atom. The van der Waals surface area contributed by atoms with E-state index >= 15 is 0 Å². The van der Waals surface area contributed by atoms with E-state index in [9.17, 15) is 0 Å². The number of benzene rings is 2. The van der Waals surface area contributed by atoms with Gasteiger partial charge in [0.05, 0.1) is 6.17 Å². The summed E-state index contributed by atoms with van der Waals surface area (Å²) in [4.78, 5) is 0. The van der Waals surface area contributed by atoms with Crippen LogP contribution >= 0.6 is 0 Å². The second kappa shape index (κ2) is 3.17. The maximum Gasteiger partial charge on any atom is 0.0784 e. The summed E-state index contributed by atoms with van der Waals surface area (Å²) in [5.41, 5.74) is 12.1. The highest BCUT2D eigenvalue weighted by atomic mass is 14.8. The SMILES string of the molecule is NC(N)c1ccc2ccccc2c1. The molecule has 0 heterocycles. The number of rotatable bonds is 1. The van der Waals surface area contributed by atoms with Gasteiger partial charge in [0.1, 0.15) is 0 Å². The molecule has 0 aliphatic rings. The van der Waals surface area contributed by atoms with Crippen molar-refractivity contribution in [2.45, 2.75) is 6.17 Å². The summed E-state index contributed by atoms with van der Waals surface area (Å²) in [6.45, 7) is 0. The van der Waals surface area contributed by atoms with Gasteiger partial charge in [-0.05, 0) is 22.4 Å². The summed E-state index contributed by atoms with van der Waals surface area (Å²) in [5.74, 6) is 0. The van der Waals surface area contributed by atoms with Gasteiger partial charge in [-0.15, -0.1) is 0 Å². The van der Waals surface area contributed by atoms with Crippen LogP contribution < -0.4 is 11.5 Å². The molecule has 2 aromatic rings. The lowest BCUT2D eigenvalue weighted by molar-refractivity contribution is 0.775. The molecule has 13 heavy (non-hydrogen) atoms. The highest BCUT2D eigenvalue weighted by Gasteiger charge is 1.99. The Bertz CT molecular complexity index is 421. The van der Waals surface area contributed by atoms with Crippen LogP contribution in [-0.2, 0) is 0 Å². The van der Waals surface area contributed by atoms with Gasteiger partial charge in [-0.1, -0.05) is 36.4 Å². The zero-order valence-corrected chi connectivity index (χ0v) is 7.27. The topological polar surface area (TPSA) is 52.0 Å². The molecular weight excluding hydrogens is 160 g/mol. The Morgan fingerprint density at radius 1 is 0.846 bits per heavy atom. The van der Waals surface area contributed by atoms with Crippen LogP contribution in [-0.4, -0.2) is 0 Å². The normalized spacial score (nSPS) is 11.0. The monoisotopic (exact) mass is 172 g/mol. The third-order valence-electron chi connectivity index (χ3n) is 2.16. The van der Waals surface area contributed by atoms with Gasteiger partial charge in [0.15, 0.2) is 0 Å². The molecule has 0 bridgehead atoms. The van der Waals surface area contributed by atoms with E-state index in [1.165, 1.54) is 10.8 Å². The summed E-state index contributed by atoms with van der Waals surface area (Å²) >= 11 is 0. The Hall–Kier alpha value is -1.38. The third-order valence-corrected chi connectivity index (χ3v) is 2.16. The standard InChI is InChI=1S/C11H12N2/c12-11(13)10-6-5-8-3-1-2-4-9(8)7-10/h1-7,11H,12-13H2. The smallest absolute Gasteiger partial charge is 0.0784 e. The van der Waals surface area contributed by atoms with Crippen molar-refractivity contribution in [1.29, 1.82) is 0 Å². The number of hydrogen-bond donors (Lipinski definition) is 2. The fourth-order valence-electron chi connectivity index (χ4n) is 1.42. The van der Waals surface area contributed by atoms with Gasteiger partial charge in [0.2, 0.25) is 0 Å². The number of nitrogens with two attached hydrogens (primary N) is 2. The molecule has 4 N–H and O–H groups in total. The predicted octanol–water partition coefficient (Wildman–Crippen LogP) is 1.76. The number of hydrogen-bond acceptors (Lipinski definition) is 2. The van der Waals surface area contributed by atoms with E-state index < -0.39 is 0 Å². The summed E-state index contributed by atoms with van der Waals surface area (Å²) in [7, 11) is 0. The Labute approximate surface area is 77.2 Å². The lowest BCUT2D eigenvalue weighted by atomic mass is 10.1. The average molecular weight is 172 g/mol. The first-order chi connectivity index (χ1) is 6.27. The summed E-state index contributed by atoms with van der Waals surface area (Å²) in [5, 5.41) is 2.40. The minimum atomic E-state index is -0.385. The molecule has 66 valence electrons. The van der Waals surface area contributed by atoms with Gasteiger partial charge >= 0.3 is 0 Å². The van der Waals surface area contributed by atoms with E-state index in [0.29, 0.717) is 0 Å². The summed E-state index contributed by atoms with van der Waals surface area (Å²) < 4.78 is 0. The first-order valence-electron chi connectivity index (χ1n) is 4.27. The maximum absolute atomic E-state index is 5.58. The van der Waals surface area contributed by atoms with Gasteiger partial charge in [-0.2, -0.15) is 0 Å². The number of fused-ring (bicyclic) bond motifs is 1. The first-order valence-corrected chi connectivity index (χ1v) is 4.27. The van der Waals surface area contributed by atoms with E-state index in [1.807, 2.05) is 30.3 Å². The Morgan fingerprint density at radius 2 is 1.54 bits per heavy atom. The molecular formula is C11H12N2. The lowest BCUT2D eigenvalue weighted by Crippen LogP contribution is -2.19. The molecule has 0 amide bonds. The fourth-order valence-corrected chi connectivity index (χ4v) is 1.42. The molecule has 0 aromatic heterocycles. The zero-order chi connectivity index (χ0) is 9.26. The van der Waals surface area contributed by atoms with Crippen LogP contribution in [0.5, 0.6) is 0 Å². The van der Waals surface area contributed by atoms with Crippen LogP contribution in [0.15, 0.2) is 42.5 Å². The fraction of sp³-hybridized carbons (Fsp3) is 0.0909. The van der Waals surface area contributed by atoms with E-state index in [4.69, 9.17) is 11.5 Å². The molecule has 0 saturated heterocycles. The van der Waals surface area contributed by atoms with Crippen molar-refractivity contribution in [3.63, 3.8) is 0 Å². The minimum Gasteiger partial charge on any atom is -0.312 e. The second-order valence-corrected chi connectivity index (χ2v) is 3.13. The van der Waals surface area contributed by atoms with Crippen LogP contribution in [0.4, 0.5) is 0 Å². The van der Waals surface area contributed by atoms with Crippen LogP contribution in [0, 0.1) is 0 Å². The van der Waals surface area contributed by atoms with E-state index in [-0.39, 0.29) is 6.17 Å². The molecule has 2 nitrogen and oxygen atoms in total. The van der Waals surface area contributed by atoms with Gasteiger partial charge < -0.3 is 11.5 Å². The molecule has 0 spiro atoms. The molecule has 2 heteroatoms. The van der Waals surface area contributed by atoms with Crippen molar-refractivity contribution in [2.24, 2.45) is 11.5 Å². The van der Waals surface area contributed by atoms with Crippen LogP contribution in [0.25, 0.3) is 10.8 Å². The molecule has 0 atom stereocenters. The molecule has 0 aliphatic carbocycles. The molecule has 0 radical (unpaired) electrons. The zero-order valence-electron chi connectivity index (χ0n) is 7.27. The van der Waals surface area contributed by atoms with Gasteiger partial charge in [0.25, 0.3) is 0 Å². The minimum absolute atomic E-state index is 0.385. The molecule has 2 rings (SSSR count). The lowest BCUT2D eigenvalue weighted by Gasteiger charge is -2.06. The molecule has 0 saturated carbocycles. The van der Waals surface area contributed by atoms with Crippen molar-refractivity contribution in [1.82, 2.24) is 0 Å². The van der Waals surface area contributed by atoms with Gasteiger partial charge in [-0.25, -0.2) is 0 Å². The molecule has 0 aliphatic heterocycles. The Balaban J connectivity index is 2.62. The van der Waals surface area contributed by atoms with E-state index in [1.54, 1.807) is 0 Å². The van der Waals surface area contributed by atoms with Crippen molar-refractivity contribution in [3.05, 3.63) is 48.0 Å². The summed E-state index contributed by atoms with van der Waals surface area (Å²) in [6, 6.07) is 14.2. The average Bonchev–Trinajstić information content (AvgIpc) is 2.17. The van der Waals surface area contributed by atoms with Crippen LogP contribution in [0.3, 0.4) is 0 Å². The van der Waals surface area contributed by atoms with E-state index in [2.05, 4.69) is 12.1 Å². The largest absolute Gasteiger partial charge is 0.312 e. The quantitative estimate of drug-likeness (QED) is 0.644. The predicted molar refractivity (Wildman–Crippen MR) is 55.1 cm³/mol. The van der Waals surface area contributed by atoms with Crippen molar-refractivity contribution in [2.75, 3.05) is 0 Å². The highest BCUT2D eigenvalue weighted by Crippen LogP contribution is 2.17. The molecule has 0 fully saturated rings. The third kappa shape index (κ3) is 1.54. The van der Waals surface area contributed by atoms with E-state index in [0.717, 1.165) is 5.56 Å². The second-order valence-electron chi connectivity index (χ2n) is 3.13. The van der Waals surface area contributed by atoms with Gasteiger partial charge in [-0.3, -0.25) is 0 Å². The molecule has 0 unspecified atom stereocenters.